The van der Waals surface area contributed by atoms with E-state index in [0.717, 1.165) is 16.0 Å². The molecule has 1 fully saturated rings. The van der Waals surface area contributed by atoms with E-state index in [1.807, 2.05) is 19.9 Å². The number of rotatable bonds is 2. The Balaban J connectivity index is 2.07. The second-order valence-corrected chi connectivity index (χ2v) is 5.98. The quantitative estimate of drug-likeness (QED) is 0.672. The molecule has 0 aliphatic carbocycles. The van der Waals surface area contributed by atoms with Gasteiger partial charge in [-0.05, 0) is 43.2 Å². The summed E-state index contributed by atoms with van der Waals surface area (Å²) in [6.45, 7) is 3.74. The average molecular weight is 343 g/mol. The highest BCUT2D eigenvalue weighted by Gasteiger charge is 2.45. The number of benzene rings is 2. The summed E-state index contributed by atoms with van der Waals surface area (Å²) in [6.07, 6.45) is 0. The summed E-state index contributed by atoms with van der Waals surface area (Å²) in [5.41, 5.74) is 2.39. The third kappa shape index (κ3) is 2.57. The fourth-order valence-electron chi connectivity index (χ4n) is 2.55. The van der Waals surface area contributed by atoms with Crippen molar-refractivity contribution in [3.63, 3.8) is 0 Å². The molecule has 0 saturated carbocycles. The number of amides is 2. The van der Waals surface area contributed by atoms with Crippen LogP contribution in [0.3, 0.4) is 0 Å². The van der Waals surface area contributed by atoms with E-state index in [0.29, 0.717) is 5.69 Å². The number of phenols is 1. The Kier molecular flexibility index (Phi) is 4.11. The predicted molar refractivity (Wildman–Crippen MR) is 93.3 cm³/mol. The molecule has 1 aliphatic heterocycles. The van der Waals surface area contributed by atoms with Crippen LogP contribution in [0.4, 0.5) is 11.4 Å². The SMILES string of the molecule is Cc1cccc(N2C(=O)C(=Nc3ccccc3O)C(Cl)C2=O)c1C. The molecule has 2 amide bonds. The van der Waals surface area contributed by atoms with Crippen molar-refractivity contribution >= 4 is 40.5 Å². The molecule has 24 heavy (non-hydrogen) atoms. The van der Waals surface area contributed by atoms with Crippen molar-refractivity contribution in [3.05, 3.63) is 53.6 Å². The number of imide groups is 1. The third-order valence-electron chi connectivity index (χ3n) is 4.04. The molecule has 0 spiro atoms. The number of alkyl halides is 1. The van der Waals surface area contributed by atoms with Crippen molar-refractivity contribution < 1.29 is 14.7 Å². The fourth-order valence-corrected chi connectivity index (χ4v) is 2.79. The Morgan fingerprint density at radius 2 is 1.79 bits per heavy atom. The maximum Gasteiger partial charge on any atom is 0.281 e. The lowest BCUT2D eigenvalue weighted by atomic mass is 10.1. The van der Waals surface area contributed by atoms with Gasteiger partial charge in [0.2, 0.25) is 0 Å². The number of hydrogen-bond acceptors (Lipinski definition) is 4. The number of para-hydroxylation sites is 2. The number of aryl methyl sites for hydroxylation is 1. The van der Waals surface area contributed by atoms with Crippen molar-refractivity contribution in [2.24, 2.45) is 4.99 Å². The predicted octanol–water partition coefficient (Wildman–Crippen LogP) is 3.26. The van der Waals surface area contributed by atoms with E-state index in [2.05, 4.69) is 4.99 Å². The molecule has 5 nitrogen and oxygen atoms in total. The molecule has 1 saturated heterocycles. The van der Waals surface area contributed by atoms with Crippen LogP contribution in [0.1, 0.15) is 11.1 Å². The lowest BCUT2D eigenvalue weighted by Crippen LogP contribution is -2.31. The molecule has 1 atom stereocenters. The van der Waals surface area contributed by atoms with Gasteiger partial charge in [0.1, 0.15) is 17.1 Å². The second-order valence-electron chi connectivity index (χ2n) is 5.55. The summed E-state index contributed by atoms with van der Waals surface area (Å²) in [4.78, 5) is 30.4. The zero-order chi connectivity index (χ0) is 17.4. The van der Waals surface area contributed by atoms with Gasteiger partial charge < -0.3 is 5.11 Å². The fraction of sp³-hybridized carbons (Fsp3) is 0.167. The first kappa shape index (κ1) is 16.2. The van der Waals surface area contributed by atoms with Gasteiger partial charge in [0.15, 0.2) is 5.38 Å². The molecule has 3 rings (SSSR count). The number of aliphatic imine (C=N–C) groups is 1. The topological polar surface area (TPSA) is 70.0 Å². The monoisotopic (exact) mass is 342 g/mol. The van der Waals surface area contributed by atoms with Gasteiger partial charge >= 0.3 is 0 Å². The molecule has 6 heteroatoms. The molecule has 1 aliphatic rings. The number of nitrogens with zero attached hydrogens (tertiary/aromatic N) is 2. The Morgan fingerprint density at radius 1 is 1.08 bits per heavy atom. The van der Waals surface area contributed by atoms with E-state index in [9.17, 15) is 14.7 Å². The second kappa shape index (κ2) is 6.09. The van der Waals surface area contributed by atoms with Gasteiger partial charge in [-0.15, -0.1) is 11.6 Å². The zero-order valence-corrected chi connectivity index (χ0v) is 13.9. The molecule has 1 unspecified atom stereocenters. The first-order valence-corrected chi connectivity index (χ1v) is 7.80. The Labute approximate surface area is 144 Å². The molecular formula is C18H15ClN2O3. The molecule has 2 aromatic rings. The highest BCUT2D eigenvalue weighted by Crippen LogP contribution is 2.32. The highest BCUT2D eigenvalue weighted by atomic mass is 35.5. The van der Waals surface area contributed by atoms with Crippen LogP contribution >= 0.6 is 11.6 Å². The summed E-state index contributed by atoms with van der Waals surface area (Å²) < 4.78 is 0. The van der Waals surface area contributed by atoms with Crippen molar-refractivity contribution in [3.8, 4) is 5.75 Å². The Hall–Kier alpha value is -2.66. The standard InChI is InChI=1S/C18H15ClN2O3/c1-10-6-5-8-13(11(10)2)21-17(23)15(19)16(18(21)24)20-12-7-3-4-9-14(12)22/h3-9,15,22H,1-2H3. The van der Waals surface area contributed by atoms with Gasteiger partial charge in [-0.2, -0.15) is 0 Å². The summed E-state index contributed by atoms with van der Waals surface area (Å²) in [7, 11) is 0. The van der Waals surface area contributed by atoms with Crippen LogP contribution in [0, 0.1) is 13.8 Å². The lowest BCUT2D eigenvalue weighted by molar-refractivity contribution is -0.120. The minimum Gasteiger partial charge on any atom is -0.506 e. The zero-order valence-electron chi connectivity index (χ0n) is 13.2. The maximum atomic E-state index is 12.7. The van der Waals surface area contributed by atoms with Crippen molar-refractivity contribution in [2.45, 2.75) is 19.2 Å². The number of carbonyl (C=O) groups is 2. The molecule has 1 N–H and O–H groups in total. The highest BCUT2D eigenvalue weighted by molar-refractivity contribution is 6.68. The van der Waals surface area contributed by atoms with Crippen molar-refractivity contribution in [1.82, 2.24) is 0 Å². The van der Waals surface area contributed by atoms with Crippen LogP contribution in [-0.2, 0) is 9.59 Å². The van der Waals surface area contributed by atoms with E-state index in [1.165, 1.54) is 6.07 Å². The summed E-state index contributed by atoms with van der Waals surface area (Å²) >= 11 is 6.14. The normalized spacial score (nSPS) is 19.4. The van der Waals surface area contributed by atoms with Crippen LogP contribution in [-0.4, -0.2) is 28.0 Å². The first-order chi connectivity index (χ1) is 11.4. The van der Waals surface area contributed by atoms with E-state index >= 15 is 0 Å². The number of aromatic hydroxyl groups is 1. The van der Waals surface area contributed by atoms with Crippen LogP contribution in [0.25, 0.3) is 0 Å². The number of phenolic OH excluding ortho intramolecular Hbond substituents is 1. The largest absolute Gasteiger partial charge is 0.506 e. The van der Waals surface area contributed by atoms with Gasteiger partial charge in [0.05, 0.1) is 5.69 Å². The van der Waals surface area contributed by atoms with Gasteiger partial charge in [-0.3, -0.25) is 9.59 Å². The lowest BCUT2D eigenvalue weighted by Gasteiger charge is -2.17. The molecule has 0 aromatic heterocycles. The molecule has 0 radical (unpaired) electrons. The smallest absolute Gasteiger partial charge is 0.281 e. The molecule has 0 bridgehead atoms. The van der Waals surface area contributed by atoms with Crippen LogP contribution in [0.15, 0.2) is 47.5 Å². The Bertz CT molecular complexity index is 876. The average Bonchev–Trinajstić information content (AvgIpc) is 2.76. The summed E-state index contributed by atoms with van der Waals surface area (Å²) in [5.74, 6) is -1.19. The van der Waals surface area contributed by atoms with Crippen molar-refractivity contribution in [2.75, 3.05) is 4.90 Å². The minimum atomic E-state index is -1.18. The van der Waals surface area contributed by atoms with E-state index < -0.39 is 17.2 Å². The van der Waals surface area contributed by atoms with Crippen LogP contribution < -0.4 is 4.90 Å². The number of carbonyl (C=O) groups excluding carboxylic acids is 2. The first-order valence-electron chi connectivity index (χ1n) is 7.37. The number of hydrogen-bond donors (Lipinski definition) is 1. The Morgan fingerprint density at radius 3 is 2.50 bits per heavy atom. The molecular weight excluding hydrogens is 328 g/mol. The van der Waals surface area contributed by atoms with Gasteiger partial charge in [0.25, 0.3) is 11.8 Å². The molecule has 1 heterocycles. The van der Waals surface area contributed by atoms with Gasteiger partial charge in [-0.25, -0.2) is 9.89 Å². The third-order valence-corrected chi connectivity index (χ3v) is 4.43. The van der Waals surface area contributed by atoms with E-state index in [1.54, 1.807) is 30.3 Å². The number of anilines is 1. The molecule has 122 valence electrons. The minimum absolute atomic E-state index is 0.0840. The maximum absolute atomic E-state index is 12.7. The van der Waals surface area contributed by atoms with Crippen LogP contribution in [0.5, 0.6) is 5.75 Å². The van der Waals surface area contributed by atoms with E-state index in [-0.39, 0.29) is 17.1 Å². The van der Waals surface area contributed by atoms with Crippen LogP contribution in [0.2, 0.25) is 0 Å². The summed E-state index contributed by atoms with van der Waals surface area (Å²) in [6, 6.07) is 11.7. The van der Waals surface area contributed by atoms with Gasteiger partial charge in [-0.1, -0.05) is 24.3 Å². The van der Waals surface area contributed by atoms with Crippen molar-refractivity contribution in [1.29, 1.82) is 0 Å². The summed E-state index contributed by atoms with van der Waals surface area (Å²) in [5, 5.41) is 8.63. The molecule has 2 aromatic carbocycles. The van der Waals surface area contributed by atoms with E-state index in [4.69, 9.17) is 11.6 Å². The number of halogens is 1. The van der Waals surface area contributed by atoms with Gasteiger partial charge in [0, 0.05) is 0 Å².